The van der Waals surface area contributed by atoms with Crippen LogP contribution in [-0.2, 0) is 0 Å². The summed E-state index contributed by atoms with van der Waals surface area (Å²) in [4.78, 5) is 0. The summed E-state index contributed by atoms with van der Waals surface area (Å²) in [6, 6.07) is 20.3. The van der Waals surface area contributed by atoms with Gasteiger partial charge in [0.25, 0.3) is 0 Å². The number of hydrogen-bond acceptors (Lipinski definition) is 3. The van der Waals surface area contributed by atoms with E-state index in [0.717, 1.165) is 30.7 Å². The molecule has 1 heterocycles. The molecule has 3 aromatic rings. The summed E-state index contributed by atoms with van der Waals surface area (Å²) in [7, 11) is 1.49. The highest BCUT2D eigenvalue weighted by molar-refractivity contribution is 5.45. The number of benzene rings is 3. The van der Waals surface area contributed by atoms with E-state index in [-0.39, 0.29) is 23.7 Å². The molecule has 0 aromatic heterocycles. The molecule has 1 aliphatic heterocycles. The molecular weight excluding hydrogens is 401 g/mol. The van der Waals surface area contributed by atoms with Crippen molar-refractivity contribution in [2.45, 2.75) is 51.7 Å². The van der Waals surface area contributed by atoms with E-state index in [1.807, 2.05) is 6.07 Å². The number of ether oxygens (including phenoxy) is 2. The third kappa shape index (κ3) is 4.81. The van der Waals surface area contributed by atoms with E-state index >= 15 is 0 Å². The largest absolute Gasteiger partial charge is 0.494 e. The van der Waals surface area contributed by atoms with Crippen molar-refractivity contribution in [3.05, 3.63) is 94.3 Å². The first-order valence-corrected chi connectivity index (χ1v) is 11.4. The van der Waals surface area contributed by atoms with Gasteiger partial charge in [-0.05, 0) is 80.6 Å². The zero-order chi connectivity index (χ0) is 22.7. The van der Waals surface area contributed by atoms with Crippen molar-refractivity contribution >= 4 is 0 Å². The molecule has 0 amide bonds. The Morgan fingerprint density at radius 2 is 1.88 bits per heavy atom. The minimum absolute atomic E-state index is 0.0934. The molecule has 0 fully saturated rings. The highest BCUT2D eigenvalue weighted by atomic mass is 19.1. The van der Waals surface area contributed by atoms with Crippen molar-refractivity contribution in [3.63, 3.8) is 0 Å². The topological polar surface area (TPSA) is 30.5 Å². The monoisotopic (exact) mass is 433 g/mol. The Kier molecular flexibility index (Phi) is 6.80. The number of para-hydroxylation sites is 1. The predicted molar refractivity (Wildman–Crippen MR) is 127 cm³/mol. The van der Waals surface area contributed by atoms with E-state index < -0.39 is 0 Å². The lowest BCUT2D eigenvalue weighted by atomic mass is 9.82. The van der Waals surface area contributed by atoms with Crippen molar-refractivity contribution in [2.24, 2.45) is 0 Å². The second kappa shape index (κ2) is 9.74. The van der Waals surface area contributed by atoms with E-state index in [4.69, 9.17) is 9.47 Å². The minimum atomic E-state index is -0.338. The van der Waals surface area contributed by atoms with Gasteiger partial charge in [0.2, 0.25) is 0 Å². The maximum atomic E-state index is 13.7. The fourth-order valence-electron chi connectivity index (χ4n) is 4.49. The standard InChI is InChI=1S/C28H32FNO2/c1-18-9-10-22(15-19(18)2)25-17-23(32-27-8-6-5-7-24(25)27)13-14-30-20(3)21-11-12-26(29)28(16-21)31-4/h5-12,15-16,20,23,25,30H,13-14,17H2,1-4H3/t20?,23-,25?/m0/s1. The summed E-state index contributed by atoms with van der Waals surface area (Å²) in [6.07, 6.45) is 2.00. The molecule has 0 saturated heterocycles. The molecular formula is C28H32FNO2. The van der Waals surface area contributed by atoms with E-state index in [1.165, 1.54) is 35.4 Å². The lowest BCUT2D eigenvalue weighted by Crippen LogP contribution is -2.31. The van der Waals surface area contributed by atoms with Gasteiger partial charge in [0.1, 0.15) is 11.9 Å². The summed E-state index contributed by atoms with van der Waals surface area (Å²) in [5.74, 6) is 1.26. The molecule has 0 radical (unpaired) electrons. The smallest absolute Gasteiger partial charge is 0.165 e. The average Bonchev–Trinajstić information content (AvgIpc) is 2.80. The molecule has 32 heavy (non-hydrogen) atoms. The van der Waals surface area contributed by atoms with E-state index in [2.05, 4.69) is 62.5 Å². The quantitative estimate of drug-likeness (QED) is 0.463. The van der Waals surface area contributed by atoms with Crippen LogP contribution in [0.5, 0.6) is 11.5 Å². The van der Waals surface area contributed by atoms with Crippen molar-refractivity contribution in [2.75, 3.05) is 13.7 Å². The fraction of sp³-hybridized carbons (Fsp3) is 0.357. The third-order valence-corrected chi connectivity index (χ3v) is 6.61. The molecule has 168 valence electrons. The molecule has 1 N–H and O–H groups in total. The molecule has 1 aliphatic rings. The van der Waals surface area contributed by atoms with Crippen LogP contribution in [0.25, 0.3) is 0 Å². The highest BCUT2D eigenvalue weighted by Crippen LogP contribution is 2.41. The number of methoxy groups -OCH3 is 1. The second-order valence-corrected chi connectivity index (χ2v) is 8.77. The average molecular weight is 434 g/mol. The van der Waals surface area contributed by atoms with Crippen LogP contribution in [-0.4, -0.2) is 19.8 Å². The fourth-order valence-corrected chi connectivity index (χ4v) is 4.49. The van der Waals surface area contributed by atoms with Crippen LogP contribution in [0.15, 0.2) is 60.7 Å². The number of aryl methyl sites for hydroxylation is 2. The van der Waals surface area contributed by atoms with Crippen LogP contribution in [0.1, 0.15) is 59.5 Å². The maximum absolute atomic E-state index is 13.7. The van der Waals surface area contributed by atoms with Gasteiger partial charge in [0, 0.05) is 17.5 Å². The summed E-state index contributed by atoms with van der Waals surface area (Å²) in [5.41, 5.74) is 6.28. The highest BCUT2D eigenvalue weighted by Gasteiger charge is 2.29. The third-order valence-electron chi connectivity index (χ3n) is 6.61. The van der Waals surface area contributed by atoms with Crippen LogP contribution < -0.4 is 14.8 Å². The maximum Gasteiger partial charge on any atom is 0.165 e. The Bertz CT molecular complexity index is 1080. The van der Waals surface area contributed by atoms with Gasteiger partial charge < -0.3 is 14.8 Å². The molecule has 2 unspecified atom stereocenters. The van der Waals surface area contributed by atoms with Gasteiger partial charge in [0.05, 0.1) is 7.11 Å². The lowest BCUT2D eigenvalue weighted by Gasteiger charge is -2.33. The van der Waals surface area contributed by atoms with Crippen molar-refractivity contribution < 1.29 is 13.9 Å². The van der Waals surface area contributed by atoms with E-state index in [9.17, 15) is 4.39 Å². The van der Waals surface area contributed by atoms with Gasteiger partial charge >= 0.3 is 0 Å². The Morgan fingerprint density at radius 1 is 1.06 bits per heavy atom. The first kappa shape index (κ1) is 22.3. The molecule has 3 atom stereocenters. The van der Waals surface area contributed by atoms with Crippen LogP contribution in [0.2, 0.25) is 0 Å². The summed E-state index contributed by atoms with van der Waals surface area (Å²) >= 11 is 0. The first-order chi connectivity index (χ1) is 15.5. The molecule has 0 bridgehead atoms. The van der Waals surface area contributed by atoms with E-state index in [1.54, 1.807) is 12.1 Å². The molecule has 3 aromatic carbocycles. The Labute approximate surface area is 190 Å². The number of hydrogen-bond donors (Lipinski definition) is 1. The molecule has 0 saturated carbocycles. The molecule has 4 rings (SSSR count). The number of halogens is 1. The summed E-state index contributed by atoms with van der Waals surface area (Å²) in [6.45, 7) is 7.23. The molecule has 3 nitrogen and oxygen atoms in total. The number of rotatable bonds is 7. The van der Waals surface area contributed by atoms with Gasteiger partial charge in [-0.3, -0.25) is 0 Å². The van der Waals surface area contributed by atoms with Gasteiger partial charge in [-0.1, -0.05) is 42.5 Å². The first-order valence-electron chi connectivity index (χ1n) is 11.4. The van der Waals surface area contributed by atoms with E-state index in [0.29, 0.717) is 5.92 Å². The van der Waals surface area contributed by atoms with Crippen LogP contribution in [0.4, 0.5) is 4.39 Å². The van der Waals surface area contributed by atoms with Crippen molar-refractivity contribution in [1.82, 2.24) is 5.32 Å². The molecule has 4 heteroatoms. The normalized spacial score (nSPS) is 18.5. The summed E-state index contributed by atoms with van der Waals surface area (Å²) < 4.78 is 25.2. The Morgan fingerprint density at radius 3 is 2.66 bits per heavy atom. The van der Waals surface area contributed by atoms with Crippen molar-refractivity contribution in [1.29, 1.82) is 0 Å². The summed E-state index contributed by atoms with van der Waals surface area (Å²) in [5, 5.41) is 3.55. The number of fused-ring (bicyclic) bond motifs is 1. The minimum Gasteiger partial charge on any atom is -0.494 e. The van der Waals surface area contributed by atoms with Gasteiger partial charge in [-0.25, -0.2) is 4.39 Å². The Balaban J connectivity index is 1.44. The zero-order valence-electron chi connectivity index (χ0n) is 19.3. The van der Waals surface area contributed by atoms with Crippen LogP contribution in [0.3, 0.4) is 0 Å². The zero-order valence-corrected chi connectivity index (χ0v) is 19.3. The predicted octanol–water partition coefficient (Wildman–Crippen LogP) is 6.48. The lowest BCUT2D eigenvalue weighted by molar-refractivity contribution is 0.154. The molecule has 0 spiro atoms. The second-order valence-electron chi connectivity index (χ2n) is 8.77. The van der Waals surface area contributed by atoms with Crippen LogP contribution >= 0.6 is 0 Å². The van der Waals surface area contributed by atoms with Gasteiger partial charge in [0.15, 0.2) is 11.6 Å². The van der Waals surface area contributed by atoms with Gasteiger partial charge in [-0.15, -0.1) is 0 Å². The molecule has 0 aliphatic carbocycles. The number of nitrogens with one attached hydrogen (secondary N) is 1. The van der Waals surface area contributed by atoms with Crippen molar-refractivity contribution in [3.8, 4) is 11.5 Å². The SMILES string of the molecule is COc1cc(C(C)NCC[C@H]2CC(c3ccc(C)c(C)c3)c3ccccc3O2)ccc1F. The van der Waals surface area contributed by atoms with Gasteiger partial charge in [-0.2, -0.15) is 0 Å². The van der Waals surface area contributed by atoms with Crippen LogP contribution in [0, 0.1) is 19.7 Å². The Hall–Kier alpha value is -2.85.